The molecule has 208 valence electrons. The molecule has 1 aliphatic rings. The Balaban J connectivity index is 1.29. The van der Waals surface area contributed by atoms with Crippen LogP contribution in [0.5, 0.6) is 5.75 Å². The Morgan fingerprint density at radius 2 is 1.70 bits per heavy atom. The van der Waals surface area contributed by atoms with Crippen LogP contribution in [0, 0.1) is 0 Å². The van der Waals surface area contributed by atoms with Crippen molar-refractivity contribution in [1.29, 1.82) is 0 Å². The molecule has 0 aliphatic carbocycles. The molecule has 4 aromatic rings. The number of ether oxygens (including phenoxy) is 1. The lowest BCUT2D eigenvalue weighted by Gasteiger charge is -2.30. The number of piperidine rings is 1. The number of benzene rings is 2. The number of hydrogen-bond donors (Lipinski definition) is 3. The molecule has 2 amide bonds. The zero-order valence-electron chi connectivity index (χ0n) is 21.4. The van der Waals surface area contributed by atoms with E-state index >= 15 is 0 Å². The van der Waals surface area contributed by atoms with Gasteiger partial charge in [0.15, 0.2) is 11.1 Å². The molecule has 4 N–H and O–H groups in total. The van der Waals surface area contributed by atoms with E-state index in [0.29, 0.717) is 29.9 Å². The summed E-state index contributed by atoms with van der Waals surface area (Å²) >= 11 is 0. The molecule has 3 heterocycles. The van der Waals surface area contributed by atoms with E-state index < -0.39 is 17.8 Å². The summed E-state index contributed by atoms with van der Waals surface area (Å²) in [5.74, 6) is -0.194. The number of likely N-dealkylation sites (tertiary alicyclic amines) is 1. The molecule has 0 saturated carbocycles. The van der Waals surface area contributed by atoms with Crippen molar-refractivity contribution in [2.75, 3.05) is 36.5 Å². The van der Waals surface area contributed by atoms with Gasteiger partial charge in [0.2, 0.25) is 0 Å². The van der Waals surface area contributed by atoms with Crippen molar-refractivity contribution >= 4 is 34.3 Å². The number of carbonyl (C=O) groups excluding carboxylic acids is 1. The number of alkyl halides is 3. The summed E-state index contributed by atoms with van der Waals surface area (Å²) in [5.41, 5.74) is 5.89. The highest BCUT2D eigenvalue weighted by molar-refractivity contribution is 6.00. The van der Waals surface area contributed by atoms with E-state index in [-0.39, 0.29) is 34.2 Å². The number of nitrogen functional groups attached to an aromatic ring is 1. The van der Waals surface area contributed by atoms with Crippen LogP contribution in [0.3, 0.4) is 0 Å². The largest absolute Gasteiger partial charge is 0.490 e. The lowest BCUT2D eigenvalue weighted by molar-refractivity contribution is -0.139. The van der Waals surface area contributed by atoms with E-state index in [2.05, 4.69) is 25.5 Å². The SMILES string of the molecule is CN1CCC(Oc2ccc(NC(=O)Nc3ccc(-n4ccc(=O)c5c(N)ncnc54)cc3)cc2C(F)(F)F)CC1. The Bertz CT molecular complexity index is 1600. The van der Waals surface area contributed by atoms with Crippen LogP contribution in [-0.2, 0) is 6.18 Å². The van der Waals surface area contributed by atoms with E-state index in [4.69, 9.17) is 10.5 Å². The number of amides is 2. The number of hydrogen-bond acceptors (Lipinski definition) is 7. The van der Waals surface area contributed by atoms with Crippen LogP contribution in [0.25, 0.3) is 16.7 Å². The summed E-state index contributed by atoms with van der Waals surface area (Å²) in [7, 11) is 1.96. The lowest BCUT2D eigenvalue weighted by atomic mass is 10.1. The predicted octanol–water partition coefficient (Wildman–Crippen LogP) is 4.50. The second kappa shape index (κ2) is 10.8. The maximum atomic E-state index is 13.8. The van der Waals surface area contributed by atoms with Crippen molar-refractivity contribution in [2.45, 2.75) is 25.1 Å². The van der Waals surface area contributed by atoms with Gasteiger partial charge in [-0.25, -0.2) is 14.8 Å². The van der Waals surface area contributed by atoms with Gasteiger partial charge in [-0.05, 0) is 62.4 Å². The van der Waals surface area contributed by atoms with Gasteiger partial charge in [-0.15, -0.1) is 0 Å². The molecule has 0 atom stereocenters. The van der Waals surface area contributed by atoms with Gasteiger partial charge >= 0.3 is 12.2 Å². The second-order valence-electron chi connectivity index (χ2n) is 9.46. The maximum absolute atomic E-state index is 13.8. The monoisotopic (exact) mass is 553 g/mol. The van der Waals surface area contributed by atoms with Crippen molar-refractivity contribution in [3.05, 3.63) is 76.8 Å². The van der Waals surface area contributed by atoms with Crippen molar-refractivity contribution in [3.63, 3.8) is 0 Å². The zero-order chi connectivity index (χ0) is 28.4. The minimum Gasteiger partial charge on any atom is -0.490 e. The number of halogens is 3. The van der Waals surface area contributed by atoms with Gasteiger partial charge in [0.1, 0.15) is 29.4 Å². The Hall–Kier alpha value is -4.65. The molecule has 0 unspecified atom stereocenters. The van der Waals surface area contributed by atoms with Gasteiger partial charge in [0.25, 0.3) is 0 Å². The number of nitrogens with two attached hydrogens (primary N) is 1. The molecular formula is C27H26F3N7O3. The number of nitrogens with one attached hydrogen (secondary N) is 2. The third-order valence-corrected chi connectivity index (χ3v) is 6.61. The smallest absolute Gasteiger partial charge is 0.420 e. The Morgan fingerprint density at radius 3 is 2.40 bits per heavy atom. The molecule has 1 fully saturated rings. The highest BCUT2D eigenvalue weighted by Crippen LogP contribution is 2.39. The second-order valence-corrected chi connectivity index (χ2v) is 9.46. The maximum Gasteiger partial charge on any atom is 0.420 e. The van der Waals surface area contributed by atoms with Gasteiger partial charge in [-0.1, -0.05) is 0 Å². The van der Waals surface area contributed by atoms with E-state index in [9.17, 15) is 22.8 Å². The van der Waals surface area contributed by atoms with Crippen molar-refractivity contribution in [3.8, 4) is 11.4 Å². The summed E-state index contributed by atoms with van der Waals surface area (Å²) in [6.45, 7) is 1.50. The van der Waals surface area contributed by atoms with E-state index in [1.165, 1.54) is 24.5 Å². The van der Waals surface area contributed by atoms with Crippen LogP contribution in [-0.4, -0.2) is 51.7 Å². The molecule has 1 saturated heterocycles. The zero-order valence-corrected chi connectivity index (χ0v) is 21.4. The van der Waals surface area contributed by atoms with Crippen LogP contribution in [0.1, 0.15) is 18.4 Å². The van der Waals surface area contributed by atoms with Crippen LogP contribution < -0.4 is 26.5 Å². The number of carbonyl (C=O) groups is 1. The summed E-state index contributed by atoms with van der Waals surface area (Å²) in [4.78, 5) is 34.9. The molecule has 0 radical (unpaired) electrons. The molecule has 40 heavy (non-hydrogen) atoms. The minimum absolute atomic E-state index is 0.0332. The van der Waals surface area contributed by atoms with Gasteiger partial charge in [-0.3, -0.25) is 4.79 Å². The van der Waals surface area contributed by atoms with Gasteiger partial charge in [0, 0.05) is 42.4 Å². The summed E-state index contributed by atoms with van der Waals surface area (Å²) < 4.78 is 48.7. The average molecular weight is 554 g/mol. The fourth-order valence-electron chi connectivity index (χ4n) is 4.53. The molecule has 10 nitrogen and oxygen atoms in total. The third-order valence-electron chi connectivity index (χ3n) is 6.61. The molecule has 2 aromatic carbocycles. The lowest BCUT2D eigenvalue weighted by Crippen LogP contribution is -2.36. The highest BCUT2D eigenvalue weighted by atomic mass is 19.4. The van der Waals surface area contributed by atoms with Crippen molar-refractivity contribution < 1.29 is 22.7 Å². The molecule has 5 rings (SSSR count). The Morgan fingerprint density at radius 1 is 1.02 bits per heavy atom. The fraction of sp³-hybridized carbons (Fsp3) is 0.259. The molecule has 13 heteroatoms. The Labute approximate surface area is 226 Å². The van der Waals surface area contributed by atoms with Crippen LogP contribution in [0.4, 0.5) is 35.2 Å². The molecule has 2 aromatic heterocycles. The number of nitrogens with zero attached hydrogens (tertiary/aromatic N) is 4. The quantitative estimate of drug-likeness (QED) is 0.332. The van der Waals surface area contributed by atoms with Crippen molar-refractivity contribution in [2.24, 2.45) is 0 Å². The third kappa shape index (κ3) is 5.83. The number of aromatic nitrogens is 3. The molecule has 0 bridgehead atoms. The van der Waals surface area contributed by atoms with Crippen LogP contribution in [0.15, 0.2) is 65.8 Å². The van der Waals surface area contributed by atoms with Gasteiger partial charge in [-0.2, -0.15) is 13.2 Å². The van der Waals surface area contributed by atoms with Gasteiger partial charge in [0.05, 0.1) is 5.56 Å². The fourth-order valence-corrected chi connectivity index (χ4v) is 4.53. The number of fused-ring (bicyclic) bond motifs is 1. The topological polar surface area (TPSA) is 127 Å². The first kappa shape index (κ1) is 26.9. The summed E-state index contributed by atoms with van der Waals surface area (Å²) in [5, 5.41) is 5.22. The first-order chi connectivity index (χ1) is 19.1. The standard InChI is InChI=1S/C27H26F3N7O3/c1-36-11-8-19(9-12-36)40-22-7-4-17(14-20(22)27(28,29)30)35-26(39)34-16-2-5-18(6-3-16)37-13-10-21(38)23-24(31)32-15-33-25(23)37/h2-7,10,13-15,19H,8-9,11-12H2,1H3,(H2,31,32,33)(H2,34,35,39). The molecule has 0 spiro atoms. The summed E-state index contributed by atoms with van der Waals surface area (Å²) in [6, 6.07) is 10.6. The first-order valence-corrected chi connectivity index (χ1v) is 12.5. The molecular weight excluding hydrogens is 527 g/mol. The van der Waals surface area contributed by atoms with Gasteiger partial charge < -0.3 is 30.6 Å². The number of pyridine rings is 1. The van der Waals surface area contributed by atoms with E-state index in [1.807, 2.05) is 7.05 Å². The van der Waals surface area contributed by atoms with Crippen LogP contribution >= 0.6 is 0 Å². The van der Waals surface area contributed by atoms with E-state index in [1.54, 1.807) is 35.0 Å². The number of rotatable bonds is 5. The first-order valence-electron chi connectivity index (χ1n) is 12.5. The predicted molar refractivity (Wildman–Crippen MR) is 145 cm³/mol. The van der Waals surface area contributed by atoms with E-state index in [0.717, 1.165) is 19.2 Å². The number of anilines is 3. The number of urea groups is 1. The van der Waals surface area contributed by atoms with Crippen LogP contribution in [0.2, 0.25) is 0 Å². The average Bonchev–Trinajstić information content (AvgIpc) is 2.91. The van der Waals surface area contributed by atoms with Crippen molar-refractivity contribution in [1.82, 2.24) is 19.4 Å². The Kier molecular flexibility index (Phi) is 7.30. The highest BCUT2D eigenvalue weighted by Gasteiger charge is 2.35. The normalized spacial score (nSPS) is 14.7. The minimum atomic E-state index is -4.66. The summed E-state index contributed by atoms with van der Waals surface area (Å²) in [6.07, 6.45) is -0.894. The molecule has 1 aliphatic heterocycles.